The molecular weight excluding hydrogens is 264 g/mol. The molecule has 1 aliphatic heterocycles. The van der Waals surface area contributed by atoms with Gasteiger partial charge in [-0.1, -0.05) is 18.2 Å². The fourth-order valence-corrected chi connectivity index (χ4v) is 2.87. The van der Waals surface area contributed by atoms with Crippen LogP contribution in [0, 0.1) is 5.92 Å². The first-order valence-corrected chi connectivity index (χ1v) is 7.55. The Morgan fingerprint density at radius 1 is 1.33 bits per heavy atom. The number of benzene rings is 1. The average molecular weight is 284 g/mol. The number of nitrogens with zero attached hydrogens (tertiary/aromatic N) is 2. The number of aromatic nitrogens is 1. The molecule has 1 aromatic heterocycles. The van der Waals surface area contributed by atoms with Crippen molar-refractivity contribution in [2.75, 3.05) is 24.6 Å². The zero-order valence-electron chi connectivity index (χ0n) is 12.3. The van der Waals surface area contributed by atoms with Gasteiger partial charge < -0.3 is 9.64 Å². The number of esters is 1. The van der Waals surface area contributed by atoms with Gasteiger partial charge in [0.1, 0.15) is 5.82 Å². The van der Waals surface area contributed by atoms with E-state index in [1.807, 2.05) is 31.2 Å². The first kappa shape index (κ1) is 13.9. The van der Waals surface area contributed by atoms with Crippen LogP contribution in [-0.2, 0) is 9.53 Å². The molecule has 110 valence electrons. The SMILES string of the molecule is CCOC(=O)C1CCCN(c2ccc3ccccc3n2)C1. The highest BCUT2D eigenvalue weighted by molar-refractivity contribution is 5.80. The van der Waals surface area contributed by atoms with Gasteiger partial charge in [-0.2, -0.15) is 0 Å². The van der Waals surface area contributed by atoms with Crippen LogP contribution in [-0.4, -0.2) is 30.6 Å². The van der Waals surface area contributed by atoms with Crippen molar-refractivity contribution in [3.8, 4) is 0 Å². The zero-order valence-corrected chi connectivity index (χ0v) is 12.3. The first-order chi connectivity index (χ1) is 10.3. The fraction of sp³-hybridized carbons (Fsp3) is 0.412. The van der Waals surface area contributed by atoms with Crippen molar-refractivity contribution < 1.29 is 9.53 Å². The third-order valence-corrected chi connectivity index (χ3v) is 3.95. The normalized spacial score (nSPS) is 18.7. The summed E-state index contributed by atoms with van der Waals surface area (Å²) in [7, 11) is 0. The van der Waals surface area contributed by atoms with Gasteiger partial charge in [-0.3, -0.25) is 4.79 Å². The lowest BCUT2D eigenvalue weighted by molar-refractivity contribution is -0.148. The summed E-state index contributed by atoms with van der Waals surface area (Å²) in [5.41, 5.74) is 0.994. The highest BCUT2D eigenvalue weighted by Gasteiger charge is 2.27. The Balaban J connectivity index is 1.79. The Hall–Kier alpha value is -2.10. The fourth-order valence-electron chi connectivity index (χ4n) is 2.87. The van der Waals surface area contributed by atoms with Gasteiger partial charge in [0.15, 0.2) is 0 Å². The quantitative estimate of drug-likeness (QED) is 0.813. The lowest BCUT2D eigenvalue weighted by atomic mass is 9.98. The maximum absolute atomic E-state index is 11.9. The summed E-state index contributed by atoms with van der Waals surface area (Å²) in [6.07, 6.45) is 1.90. The number of rotatable bonds is 3. The van der Waals surface area contributed by atoms with E-state index < -0.39 is 0 Å². The van der Waals surface area contributed by atoms with E-state index in [1.54, 1.807) is 0 Å². The number of para-hydroxylation sites is 1. The Morgan fingerprint density at radius 3 is 3.05 bits per heavy atom. The Morgan fingerprint density at radius 2 is 2.19 bits per heavy atom. The number of ether oxygens (including phenoxy) is 1. The molecule has 1 saturated heterocycles. The second kappa shape index (κ2) is 6.12. The molecule has 2 heterocycles. The lowest BCUT2D eigenvalue weighted by Crippen LogP contribution is -2.39. The van der Waals surface area contributed by atoms with Crippen LogP contribution in [0.3, 0.4) is 0 Å². The number of fused-ring (bicyclic) bond motifs is 1. The molecule has 0 radical (unpaired) electrons. The Labute approximate surface area is 124 Å². The summed E-state index contributed by atoms with van der Waals surface area (Å²) < 4.78 is 5.15. The molecule has 1 fully saturated rings. The number of carbonyl (C=O) groups excluding carboxylic acids is 1. The predicted octanol–water partition coefficient (Wildman–Crippen LogP) is 3.01. The molecule has 4 nitrogen and oxygen atoms in total. The second-order valence-electron chi connectivity index (χ2n) is 5.40. The minimum Gasteiger partial charge on any atom is -0.466 e. The van der Waals surface area contributed by atoms with Crippen LogP contribution < -0.4 is 4.90 Å². The molecule has 1 aromatic carbocycles. The second-order valence-corrected chi connectivity index (χ2v) is 5.40. The number of piperidine rings is 1. The van der Waals surface area contributed by atoms with Gasteiger partial charge in [-0.05, 0) is 38.0 Å². The molecule has 1 unspecified atom stereocenters. The minimum atomic E-state index is -0.0806. The maximum Gasteiger partial charge on any atom is 0.310 e. The van der Waals surface area contributed by atoms with Crippen molar-refractivity contribution in [1.29, 1.82) is 0 Å². The largest absolute Gasteiger partial charge is 0.466 e. The van der Waals surface area contributed by atoms with Crippen LogP contribution >= 0.6 is 0 Å². The van der Waals surface area contributed by atoms with E-state index in [0.29, 0.717) is 13.2 Å². The predicted molar refractivity (Wildman–Crippen MR) is 83.3 cm³/mol. The van der Waals surface area contributed by atoms with E-state index in [0.717, 1.165) is 36.1 Å². The molecule has 0 spiro atoms. The number of anilines is 1. The van der Waals surface area contributed by atoms with E-state index in [4.69, 9.17) is 9.72 Å². The van der Waals surface area contributed by atoms with Gasteiger partial charge in [0.25, 0.3) is 0 Å². The molecule has 0 saturated carbocycles. The van der Waals surface area contributed by atoms with Crippen LogP contribution in [0.5, 0.6) is 0 Å². The van der Waals surface area contributed by atoms with Gasteiger partial charge in [0.05, 0.1) is 18.0 Å². The topological polar surface area (TPSA) is 42.4 Å². The zero-order chi connectivity index (χ0) is 14.7. The van der Waals surface area contributed by atoms with Crippen molar-refractivity contribution in [2.45, 2.75) is 19.8 Å². The van der Waals surface area contributed by atoms with Crippen LogP contribution in [0.25, 0.3) is 10.9 Å². The van der Waals surface area contributed by atoms with Gasteiger partial charge in [-0.15, -0.1) is 0 Å². The average Bonchev–Trinajstić information content (AvgIpc) is 2.55. The molecule has 1 aliphatic rings. The summed E-state index contributed by atoms with van der Waals surface area (Å²) in [6, 6.07) is 12.2. The molecule has 0 bridgehead atoms. The van der Waals surface area contributed by atoms with Crippen LogP contribution in [0.15, 0.2) is 36.4 Å². The van der Waals surface area contributed by atoms with E-state index >= 15 is 0 Å². The molecular formula is C17H20N2O2. The summed E-state index contributed by atoms with van der Waals surface area (Å²) in [6.45, 7) is 3.94. The molecule has 2 aromatic rings. The molecule has 0 N–H and O–H groups in total. The van der Waals surface area contributed by atoms with Gasteiger partial charge in [0.2, 0.25) is 0 Å². The standard InChI is InChI=1S/C17H20N2O2/c1-2-21-17(20)14-7-5-11-19(12-14)16-10-9-13-6-3-4-8-15(13)18-16/h3-4,6,8-10,14H,2,5,7,11-12H2,1H3. The van der Waals surface area contributed by atoms with Crippen LogP contribution in [0.4, 0.5) is 5.82 Å². The number of carbonyl (C=O) groups is 1. The first-order valence-electron chi connectivity index (χ1n) is 7.55. The molecule has 0 amide bonds. The molecule has 0 aliphatic carbocycles. The van der Waals surface area contributed by atoms with Crippen molar-refractivity contribution >= 4 is 22.7 Å². The van der Waals surface area contributed by atoms with Crippen LogP contribution in [0.1, 0.15) is 19.8 Å². The van der Waals surface area contributed by atoms with Crippen molar-refractivity contribution in [1.82, 2.24) is 4.98 Å². The molecule has 3 rings (SSSR count). The van der Waals surface area contributed by atoms with Gasteiger partial charge >= 0.3 is 5.97 Å². The van der Waals surface area contributed by atoms with E-state index in [-0.39, 0.29) is 11.9 Å². The third-order valence-electron chi connectivity index (χ3n) is 3.95. The molecule has 4 heteroatoms. The lowest BCUT2D eigenvalue weighted by Gasteiger charge is -2.32. The van der Waals surface area contributed by atoms with Crippen molar-refractivity contribution in [3.05, 3.63) is 36.4 Å². The van der Waals surface area contributed by atoms with E-state index in [1.165, 1.54) is 0 Å². The van der Waals surface area contributed by atoms with Crippen molar-refractivity contribution in [2.24, 2.45) is 5.92 Å². The number of hydrogen-bond donors (Lipinski definition) is 0. The molecule has 1 atom stereocenters. The van der Waals surface area contributed by atoms with E-state index in [9.17, 15) is 4.79 Å². The molecule has 21 heavy (non-hydrogen) atoms. The monoisotopic (exact) mass is 284 g/mol. The van der Waals surface area contributed by atoms with Crippen molar-refractivity contribution in [3.63, 3.8) is 0 Å². The van der Waals surface area contributed by atoms with Gasteiger partial charge in [0, 0.05) is 18.5 Å². The summed E-state index contributed by atoms with van der Waals surface area (Å²) in [4.78, 5) is 18.8. The third kappa shape index (κ3) is 2.99. The Kier molecular flexibility index (Phi) is 4.04. The summed E-state index contributed by atoms with van der Waals surface area (Å²) >= 11 is 0. The Bertz CT molecular complexity index is 641. The van der Waals surface area contributed by atoms with Gasteiger partial charge in [-0.25, -0.2) is 4.98 Å². The highest BCUT2D eigenvalue weighted by Crippen LogP contribution is 2.24. The highest BCUT2D eigenvalue weighted by atomic mass is 16.5. The maximum atomic E-state index is 11.9. The van der Waals surface area contributed by atoms with Crippen LogP contribution in [0.2, 0.25) is 0 Å². The number of pyridine rings is 1. The smallest absolute Gasteiger partial charge is 0.310 e. The number of hydrogen-bond acceptors (Lipinski definition) is 4. The van der Waals surface area contributed by atoms with E-state index in [2.05, 4.69) is 17.0 Å². The summed E-state index contributed by atoms with van der Waals surface area (Å²) in [5.74, 6) is 0.831. The summed E-state index contributed by atoms with van der Waals surface area (Å²) in [5, 5.41) is 1.14. The minimum absolute atomic E-state index is 0.0352.